The van der Waals surface area contributed by atoms with Crippen LogP contribution in [0.1, 0.15) is 5.56 Å². The summed E-state index contributed by atoms with van der Waals surface area (Å²) in [7, 11) is 0. The van der Waals surface area contributed by atoms with Crippen molar-refractivity contribution >= 4 is 40.9 Å². The molecule has 0 aliphatic carbocycles. The Labute approximate surface area is 137 Å². The van der Waals surface area contributed by atoms with Crippen LogP contribution in [0, 0.1) is 11.3 Å². The molecule has 0 bridgehead atoms. The van der Waals surface area contributed by atoms with Crippen LogP contribution in [0.3, 0.4) is 0 Å². The lowest BCUT2D eigenvalue weighted by atomic mass is 10.1. The topological polar surface area (TPSA) is 73.1 Å². The number of carbonyl (C=O) groups is 1. The maximum atomic E-state index is 12.1. The second kappa shape index (κ2) is 6.99. The minimum absolute atomic E-state index is 0.0457. The van der Waals surface area contributed by atoms with Crippen LogP contribution in [-0.4, -0.2) is 11.0 Å². The van der Waals surface area contributed by atoms with Gasteiger partial charge in [0.2, 0.25) is 0 Å². The Hall–Kier alpha value is -2.48. The summed E-state index contributed by atoms with van der Waals surface area (Å²) in [5, 5.41) is 21.8. The number of phenolic OH excluding ortho intramolecular Hbond substituents is 1. The van der Waals surface area contributed by atoms with Gasteiger partial charge in [-0.05, 0) is 42.0 Å². The minimum Gasteiger partial charge on any atom is -0.508 e. The van der Waals surface area contributed by atoms with Crippen LogP contribution in [0.5, 0.6) is 5.75 Å². The average molecular weight is 333 g/mol. The summed E-state index contributed by atoms with van der Waals surface area (Å²) in [5.41, 5.74) is 0.724. The van der Waals surface area contributed by atoms with Gasteiger partial charge in [-0.25, -0.2) is 0 Å². The second-order valence-electron chi connectivity index (χ2n) is 4.34. The zero-order valence-corrected chi connectivity index (χ0v) is 12.7. The van der Waals surface area contributed by atoms with E-state index in [2.05, 4.69) is 5.32 Å². The number of anilines is 1. The molecule has 2 aromatic rings. The highest BCUT2D eigenvalue weighted by Gasteiger charge is 2.12. The average Bonchev–Trinajstić information content (AvgIpc) is 2.48. The van der Waals surface area contributed by atoms with E-state index in [-0.39, 0.29) is 11.3 Å². The van der Waals surface area contributed by atoms with Crippen LogP contribution in [0.15, 0.2) is 48.0 Å². The molecule has 0 spiro atoms. The van der Waals surface area contributed by atoms with Gasteiger partial charge in [-0.3, -0.25) is 4.79 Å². The van der Waals surface area contributed by atoms with Gasteiger partial charge in [0.05, 0.1) is 10.7 Å². The standard InChI is InChI=1S/C16H10Cl2N2O2/c17-12-4-5-14(18)15(8-12)20-16(22)11(9-19)6-10-2-1-3-13(21)7-10/h1-8,21H,(H,20,22). The molecule has 2 N–H and O–H groups in total. The molecule has 2 rings (SSSR count). The molecular weight excluding hydrogens is 323 g/mol. The quantitative estimate of drug-likeness (QED) is 0.652. The van der Waals surface area contributed by atoms with E-state index in [4.69, 9.17) is 28.5 Å². The van der Waals surface area contributed by atoms with Crippen molar-refractivity contribution in [1.29, 1.82) is 5.26 Å². The molecule has 0 saturated heterocycles. The number of rotatable bonds is 3. The third-order valence-electron chi connectivity index (χ3n) is 2.72. The van der Waals surface area contributed by atoms with Crippen molar-refractivity contribution in [2.75, 3.05) is 5.32 Å². The van der Waals surface area contributed by atoms with Crippen molar-refractivity contribution in [3.05, 3.63) is 63.6 Å². The summed E-state index contributed by atoms with van der Waals surface area (Å²) < 4.78 is 0. The third-order valence-corrected chi connectivity index (χ3v) is 3.29. The highest BCUT2D eigenvalue weighted by atomic mass is 35.5. The van der Waals surface area contributed by atoms with Gasteiger partial charge in [0.25, 0.3) is 5.91 Å². The normalized spacial score (nSPS) is 10.9. The molecular formula is C16H10Cl2N2O2. The molecule has 0 aliphatic heterocycles. The van der Waals surface area contributed by atoms with Gasteiger partial charge in [0.15, 0.2) is 0 Å². The van der Waals surface area contributed by atoms with E-state index in [1.165, 1.54) is 24.3 Å². The monoisotopic (exact) mass is 332 g/mol. The van der Waals surface area contributed by atoms with E-state index < -0.39 is 5.91 Å². The fraction of sp³-hybridized carbons (Fsp3) is 0. The van der Waals surface area contributed by atoms with E-state index in [0.29, 0.717) is 21.3 Å². The first-order valence-corrected chi connectivity index (χ1v) is 6.92. The van der Waals surface area contributed by atoms with Crippen molar-refractivity contribution in [1.82, 2.24) is 0 Å². The zero-order chi connectivity index (χ0) is 16.1. The van der Waals surface area contributed by atoms with Gasteiger partial charge in [0, 0.05) is 5.02 Å². The molecule has 0 atom stereocenters. The molecule has 0 heterocycles. The van der Waals surface area contributed by atoms with Crippen molar-refractivity contribution in [2.45, 2.75) is 0 Å². The SMILES string of the molecule is N#CC(=Cc1cccc(O)c1)C(=O)Nc1cc(Cl)ccc1Cl. The Morgan fingerprint density at radius 3 is 2.68 bits per heavy atom. The lowest BCUT2D eigenvalue weighted by Gasteiger charge is -2.07. The minimum atomic E-state index is -0.616. The van der Waals surface area contributed by atoms with Gasteiger partial charge in [-0.1, -0.05) is 35.3 Å². The number of hydrogen-bond acceptors (Lipinski definition) is 3. The number of nitrogens with one attached hydrogen (secondary N) is 1. The number of hydrogen-bond donors (Lipinski definition) is 2. The highest BCUT2D eigenvalue weighted by Crippen LogP contribution is 2.26. The van der Waals surface area contributed by atoms with Crippen LogP contribution in [0.25, 0.3) is 6.08 Å². The Kier molecular flexibility index (Phi) is 5.05. The molecule has 0 unspecified atom stereocenters. The van der Waals surface area contributed by atoms with Crippen LogP contribution >= 0.6 is 23.2 Å². The van der Waals surface area contributed by atoms with E-state index in [9.17, 15) is 9.90 Å². The number of phenols is 1. The highest BCUT2D eigenvalue weighted by molar-refractivity contribution is 6.36. The first kappa shape index (κ1) is 15.9. The Morgan fingerprint density at radius 1 is 1.23 bits per heavy atom. The van der Waals surface area contributed by atoms with E-state index in [0.717, 1.165) is 0 Å². The summed E-state index contributed by atoms with van der Waals surface area (Å²) in [4.78, 5) is 12.1. The summed E-state index contributed by atoms with van der Waals surface area (Å²) in [6, 6.07) is 12.7. The maximum absolute atomic E-state index is 12.1. The van der Waals surface area contributed by atoms with Crippen LogP contribution in [0.2, 0.25) is 10.0 Å². The van der Waals surface area contributed by atoms with E-state index in [1.807, 2.05) is 6.07 Å². The number of benzene rings is 2. The maximum Gasteiger partial charge on any atom is 0.266 e. The fourth-order valence-corrected chi connectivity index (χ4v) is 2.05. The predicted octanol–water partition coefficient (Wildman–Crippen LogP) is 4.24. The van der Waals surface area contributed by atoms with E-state index >= 15 is 0 Å². The lowest BCUT2D eigenvalue weighted by molar-refractivity contribution is -0.112. The molecule has 2 aromatic carbocycles. The van der Waals surface area contributed by atoms with E-state index in [1.54, 1.807) is 24.3 Å². The van der Waals surface area contributed by atoms with Gasteiger partial charge < -0.3 is 10.4 Å². The van der Waals surface area contributed by atoms with Crippen LogP contribution < -0.4 is 5.32 Å². The van der Waals surface area contributed by atoms with Crippen molar-refractivity contribution in [2.24, 2.45) is 0 Å². The molecule has 6 heteroatoms. The molecule has 0 aliphatic rings. The number of nitrogens with zero attached hydrogens (tertiary/aromatic N) is 1. The van der Waals surface area contributed by atoms with Gasteiger partial charge in [-0.2, -0.15) is 5.26 Å². The van der Waals surface area contributed by atoms with Crippen molar-refractivity contribution in [3.63, 3.8) is 0 Å². The first-order chi connectivity index (χ1) is 10.5. The summed E-state index contributed by atoms with van der Waals surface area (Å²) in [6.45, 7) is 0. The smallest absolute Gasteiger partial charge is 0.266 e. The van der Waals surface area contributed by atoms with Crippen molar-refractivity contribution in [3.8, 4) is 11.8 Å². The number of carbonyl (C=O) groups excluding carboxylic acids is 1. The number of halogens is 2. The van der Waals surface area contributed by atoms with Crippen molar-refractivity contribution < 1.29 is 9.90 Å². The third kappa shape index (κ3) is 4.01. The molecule has 4 nitrogen and oxygen atoms in total. The molecule has 0 saturated carbocycles. The van der Waals surface area contributed by atoms with Gasteiger partial charge in [-0.15, -0.1) is 0 Å². The second-order valence-corrected chi connectivity index (χ2v) is 5.19. The summed E-state index contributed by atoms with van der Waals surface area (Å²) in [5.74, 6) is -0.570. The fourth-order valence-electron chi connectivity index (χ4n) is 1.71. The molecule has 1 amide bonds. The first-order valence-electron chi connectivity index (χ1n) is 6.17. The largest absolute Gasteiger partial charge is 0.508 e. The molecule has 0 fully saturated rings. The summed E-state index contributed by atoms with van der Waals surface area (Å²) in [6.07, 6.45) is 1.37. The Bertz CT molecular complexity index is 795. The molecule has 0 aromatic heterocycles. The number of amides is 1. The Balaban J connectivity index is 2.26. The van der Waals surface area contributed by atoms with Crippen LogP contribution in [0.4, 0.5) is 5.69 Å². The Morgan fingerprint density at radius 2 is 2.00 bits per heavy atom. The zero-order valence-electron chi connectivity index (χ0n) is 11.2. The van der Waals surface area contributed by atoms with Gasteiger partial charge >= 0.3 is 0 Å². The predicted molar refractivity (Wildman–Crippen MR) is 86.8 cm³/mol. The molecule has 110 valence electrons. The number of aromatic hydroxyl groups is 1. The summed E-state index contributed by atoms with van der Waals surface area (Å²) >= 11 is 11.8. The molecule has 0 radical (unpaired) electrons. The molecule has 22 heavy (non-hydrogen) atoms. The van der Waals surface area contributed by atoms with Gasteiger partial charge in [0.1, 0.15) is 17.4 Å². The lowest BCUT2D eigenvalue weighted by Crippen LogP contribution is -2.13. The van der Waals surface area contributed by atoms with Crippen LogP contribution in [-0.2, 0) is 4.79 Å². The number of nitriles is 1.